The minimum absolute atomic E-state index is 0.0975. The Morgan fingerprint density at radius 1 is 1.12 bits per heavy atom. The summed E-state index contributed by atoms with van der Waals surface area (Å²) in [4.78, 5) is 12.2. The van der Waals surface area contributed by atoms with Crippen LogP contribution in [-0.2, 0) is 10.0 Å². The molecule has 0 aliphatic heterocycles. The van der Waals surface area contributed by atoms with E-state index in [4.69, 9.17) is 5.73 Å². The molecule has 0 saturated heterocycles. The second-order valence-electron chi connectivity index (χ2n) is 6.34. The number of nitrogens with one attached hydrogen (secondary N) is 2. The van der Waals surface area contributed by atoms with Gasteiger partial charge in [-0.3, -0.25) is 4.79 Å². The zero-order chi connectivity index (χ0) is 18.7. The highest BCUT2D eigenvalue weighted by atomic mass is 32.2. The molecule has 4 N–H and O–H groups in total. The molecule has 1 saturated carbocycles. The fourth-order valence-corrected chi connectivity index (χ4v) is 3.58. The Kier molecular flexibility index (Phi) is 5.36. The molecule has 138 valence electrons. The van der Waals surface area contributed by atoms with Gasteiger partial charge in [0.1, 0.15) is 5.82 Å². The lowest BCUT2D eigenvalue weighted by Crippen LogP contribution is -2.38. The molecule has 1 aliphatic rings. The van der Waals surface area contributed by atoms with E-state index in [2.05, 4.69) is 10.0 Å². The van der Waals surface area contributed by atoms with Gasteiger partial charge in [-0.05, 0) is 67.3 Å². The first-order valence-corrected chi connectivity index (χ1v) is 9.76. The average molecular weight is 377 g/mol. The Morgan fingerprint density at radius 3 is 2.31 bits per heavy atom. The average Bonchev–Trinajstić information content (AvgIpc) is 3.46. The van der Waals surface area contributed by atoms with E-state index in [1.54, 1.807) is 0 Å². The van der Waals surface area contributed by atoms with Gasteiger partial charge in [0.15, 0.2) is 0 Å². The highest BCUT2D eigenvalue weighted by molar-refractivity contribution is 7.89. The lowest BCUT2D eigenvalue weighted by molar-refractivity contribution is 0.102. The number of hydrogen-bond acceptors (Lipinski definition) is 4. The summed E-state index contributed by atoms with van der Waals surface area (Å²) in [5.41, 5.74) is 6.65. The summed E-state index contributed by atoms with van der Waals surface area (Å²) in [7, 11) is -3.65. The number of carbonyl (C=O) groups excluding carboxylic acids is 1. The van der Waals surface area contributed by atoms with E-state index in [0.717, 1.165) is 12.8 Å². The molecule has 26 heavy (non-hydrogen) atoms. The Hall–Kier alpha value is -2.29. The summed E-state index contributed by atoms with van der Waals surface area (Å²) in [6.45, 7) is 0.204. The number of sulfonamides is 1. The first-order valence-electron chi connectivity index (χ1n) is 8.27. The van der Waals surface area contributed by atoms with Crippen LogP contribution in [0.1, 0.15) is 23.2 Å². The number of halogens is 1. The quantitative estimate of drug-likeness (QED) is 0.688. The smallest absolute Gasteiger partial charge is 0.255 e. The molecule has 1 unspecified atom stereocenters. The maximum absolute atomic E-state index is 12.9. The van der Waals surface area contributed by atoms with Crippen molar-refractivity contribution in [3.05, 3.63) is 59.9 Å². The van der Waals surface area contributed by atoms with Crippen LogP contribution in [0.2, 0.25) is 0 Å². The monoisotopic (exact) mass is 377 g/mol. The van der Waals surface area contributed by atoms with Crippen molar-refractivity contribution in [2.45, 2.75) is 23.8 Å². The summed E-state index contributed by atoms with van der Waals surface area (Å²) in [5.74, 6) is -0.430. The second-order valence-corrected chi connectivity index (χ2v) is 8.11. The third-order valence-corrected chi connectivity index (χ3v) is 5.70. The van der Waals surface area contributed by atoms with Gasteiger partial charge in [-0.2, -0.15) is 0 Å². The largest absolute Gasteiger partial charge is 0.326 e. The van der Waals surface area contributed by atoms with Gasteiger partial charge in [-0.1, -0.05) is 0 Å². The molecule has 1 fully saturated rings. The van der Waals surface area contributed by atoms with Crippen molar-refractivity contribution < 1.29 is 17.6 Å². The number of amides is 1. The van der Waals surface area contributed by atoms with E-state index in [0.29, 0.717) is 17.2 Å². The summed E-state index contributed by atoms with van der Waals surface area (Å²) in [5, 5.41) is 2.63. The third-order valence-electron chi connectivity index (χ3n) is 4.27. The van der Waals surface area contributed by atoms with Gasteiger partial charge in [0.05, 0.1) is 4.90 Å². The Morgan fingerprint density at radius 2 is 1.73 bits per heavy atom. The van der Waals surface area contributed by atoms with E-state index in [-0.39, 0.29) is 17.5 Å². The second kappa shape index (κ2) is 7.53. The van der Waals surface area contributed by atoms with Gasteiger partial charge < -0.3 is 11.1 Å². The first-order chi connectivity index (χ1) is 12.3. The maximum atomic E-state index is 12.9. The molecule has 2 aromatic carbocycles. The molecule has 0 spiro atoms. The minimum atomic E-state index is -3.65. The van der Waals surface area contributed by atoms with Crippen LogP contribution in [0.25, 0.3) is 0 Å². The topological polar surface area (TPSA) is 101 Å². The summed E-state index contributed by atoms with van der Waals surface area (Å²) >= 11 is 0. The van der Waals surface area contributed by atoms with Crippen LogP contribution in [0, 0.1) is 11.7 Å². The predicted molar refractivity (Wildman–Crippen MR) is 96.7 cm³/mol. The van der Waals surface area contributed by atoms with Gasteiger partial charge in [0.2, 0.25) is 10.0 Å². The zero-order valence-electron chi connectivity index (χ0n) is 14.0. The third kappa shape index (κ3) is 4.66. The number of benzene rings is 2. The molecule has 2 aromatic rings. The van der Waals surface area contributed by atoms with Crippen molar-refractivity contribution in [1.82, 2.24) is 4.72 Å². The Labute approximate surface area is 151 Å². The highest BCUT2D eigenvalue weighted by Crippen LogP contribution is 2.31. The van der Waals surface area contributed by atoms with Crippen molar-refractivity contribution in [3.8, 4) is 0 Å². The van der Waals surface area contributed by atoms with Crippen LogP contribution < -0.4 is 15.8 Å². The molecule has 0 bridgehead atoms. The molecule has 1 amide bonds. The molecule has 1 atom stereocenters. The van der Waals surface area contributed by atoms with Crippen LogP contribution in [0.15, 0.2) is 53.4 Å². The first kappa shape index (κ1) is 18.5. The highest BCUT2D eigenvalue weighted by Gasteiger charge is 2.29. The standard InChI is InChI=1S/C18H20FN3O3S/c19-14-5-3-13(4-6-14)18(23)22-15-7-9-16(10-8-15)26(24,25)21-11-17(20)12-1-2-12/h3-10,12,17,21H,1-2,11,20H2,(H,22,23). The van der Waals surface area contributed by atoms with Crippen LogP contribution in [0.5, 0.6) is 0 Å². The van der Waals surface area contributed by atoms with Crippen molar-refractivity contribution in [1.29, 1.82) is 0 Å². The minimum Gasteiger partial charge on any atom is -0.326 e. The van der Waals surface area contributed by atoms with Crippen molar-refractivity contribution in [2.75, 3.05) is 11.9 Å². The summed E-state index contributed by atoms with van der Waals surface area (Å²) in [6.07, 6.45) is 2.09. The normalized spacial score (nSPS) is 15.5. The fourth-order valence-electron chi connectivity index (χ4n) is 2.50. The fraction of sp³-hybridized carbons (Fsp3) is 0.278. The molecular weight excluding hydrogens is 357 g/mol. The van der Waals surface area contributed by atoms with E-state index in [1.165, 1.54) is 48.5 Å². The van der Waals surface area contributed by atoms with Crippen molar-refractivity contribution in [3.63, 3.8) is 0 Å². The van der Waals surface area contributed by atoms with E-state index < -0.39 is 21.7 Å². The number of carbonyl (C=O) groups is 1. The molecule has 6 nitrogen and oxygen atoms in total. The lowest BCUT2D eigenvalue weighted by Gasteiger charge is -2.12. The number of anilines is 1. The van der Waals surface area contributed by atoms with Crippen LogP contribution in [0.4, 0.5) is 10.1 Å². The zero-order valence-corrected chi connectivity index (χ0v) is 14.8. The summed E-state index contributed by atoms with van der Waals surface area (Å²) in [6, 6.07) is 10.8. The van der Waals surface area contributed by atoms with Gasteiger partial charge >= 0.3 is 0 Å². The van der Waals surface area contributed by atoms with Gasteiger partial charge in [0, 0.05) is 23.8 Å². The van der Waals surface area contributed by atoms with Crippen molar-refractivity contribution in [2.24, 2.45) is 11.7 Å². The van der Waals surface area contributed by atoms with Crippen molar-refractivity contribution >= 4 is 21.6 Å². The number of hydrogen-bond donors (Lipinski definition) is 3. The van der Waals surface area contributed by atoms with E-state index >= 15 is 0 Å². The molecular formula is C18H20FN3O3S. The molecule has 0 aromatic heterocycles. The van der Waals surface area contributed by atoms with E-state index in [1.807, 2.05) is 0 Å². The van der Waals surface area contributed by atoms with Crippen LogP contribution >= 0.6 is 0 Å². The predicted octanol–water partition coefficient (Wildman–Crippen LogP) is 2.09. The Balaban J connectivity index is 1.61. The number of rotatable bonds is 7. The van der Waals surface area contributed by atoms with Crippen LogP contribution in [0.3, 0.4) is 0 Å². The number of nitrogens with two attached hydrogens (primary N) is 1. The van der Waals surface area contributed by atoms with Gasteiger partial charge in [-0.25, -0.2) is 17.5 Å². The molecule has 0 radical (unpaired) electrons. The maximum Gasteiger partial charge on any atom is 0.255 e. The van der Waals surface area contributed by atoms with Gasteiger partial charge in [0.25, 0.3) is 5.91 Å². The molecule has 8 heteroatoms. The van der Waals surface area contributed by atoms with Crippen LogP contribution in [-0.4, -0.2) is 26.9 Å². The molecule has 0 heterocycles. The SMILES string of the molecule is NC(CNS(=O)(=O)c1ccc(NC(=O)c2ccc(F)cc2)cc1)C1CC1. The van der Waals surface area contributed by atoms with E-state index in [9.17, 15) is 17.6 Å². The molecule has 1 aliphatic carbocycles. The lowest BCUT2D eigenvalue weighted by atomic mass is 10.2. The summed E-state index contributed by atoms with van der Waals surface area (Å²) < 4.78 is 40.0. The van der Waals surface area contributed by atoms with Gasteiger partial charge in [-0.15, -0.1) is 0 Å². The molecule has 3 rings (SSSR count). The Bertz CT molecular complexity index is 879.